The molecule has 3 N–H and O–H groups in total. The van der Waals surface area contributed by atoms with E-state index >= 15 is 0 Å². The lowest BCUT2D eigenvalue weighted by Gasteiger charge is -1.87. The fourth-order valence-electron chi connectivity index (χ4n) is 0.453. The summed E-state index contributed by atoms with van der Waals surface area (Å²) in [4.78, 5) is 22.7. The van der Waals surface area contributed by atoms with Crippen molar-refractivity contribution in [2.45, 2.75) is 5.16 Å². The second-order valence-corrected chi connectivity index (χ2v) is 2.63. The third kappa shape index (κ3) is 2.46. The summed E-state index contributed by atoms with van der Waals surface area (Å²) < 4.78 is 0. The number of hydrogen-bond acceptors (Lipinski definition) is 4. The van der Waals surface area contributed by atoms with Gasteiger partial charge in [0.2, 0.25) is 0 Å². The minimum atomic E-state index is -0.946. The summed E-state index contributed by atoms with van der Waals surface area (Å²) in [5.74, 6) is -1.06. The lowest BCUT2D eigenvalue weighted by Crippen LogP contribution is -2.01. The normalized spacial score (nSPS) is 9.82. The van der Waals surface area contributed by atoms with Crippen molar-refractivity contribution in [1.29, 1.82) is 0 Å². The molecule has 0 amide bonds. The van der Waals surface area contributed by atoms with E-state index in [2.05, 4.69) is 15.2 Å². The molecule has 0 fully saturated rings. The molecule has 0 saturated heterocycles. The largest absolute Gasteiger partial charge is 0.481 e. The molecule has 0 atom stereocenters. The first-order valence-corrected chi connectivity index (χ1v) is 3.66. The Kier molecular flexibility index (Phi) is 2.32. The van der Waals surface area contributed by atoms with E-state index in [0.29, 0.717) is 0 Å². The maximum atomic E-state index is 10.4. The van der Waals surface area contributed by atoms with E-state index in [1.807, 2.05) is 0 Å². The summed E-state index contributed by atoms with van der Waals surface area (Å²) in [6.45, 7) is 0. The minimum absolute atomic E-state index is 0.110. The first-order chi connectivity index (χ1) is 5.18. The van der Waals surface area contributed by atoms with Gasteiger partial charge >= 0.3 is 11.7 Å². The number of hydrogen-bond donors (Lipinski definition) is 3. The number of nitrogens with zero attached hydrogens (tertiary/aromatic N) is 1. The van der Waals surface area contributed by atoms with Crippen LogP contribution in [0.3, 0.4) is 0 Å². The SMILES string of the molecule is O=C(O)CSc1n[nH]c(=O)[nH]1. The van der Waals surface area contributed by atoms with Crippen molar-refractivity contribution in [3.63, 3.8) is 0 Å². The molecule has 11 heavy (non-hydrogen) atoms. The molecule has 0 aromatic carbocycles. The number of aliphatic carboxylic acids is 1. The highest BCUT2D eigenvalue weighted by Crippen LogP contribution is 2.07. The quantitative estimate of drug-likeness (QED) is 0.526. The van der Waals surface area contributed by atoms with Gasteiger partial charge in [0, 0.05) is 0 Å². The van der Waals surface area contributed by atoms with E-state index in [9.17, 15) is 9.59 Å². The van der Waals surface area contributed by atoms with Crippen molar-refractivity contribution in [2.24, 2.45) is 0 Å². The van der Waals surface area contributed by atoms with E-state index in [1.54, 1.807) is 0 Å². The Balaban J connectivity index is 2.51. The minimum Gasteiger partial charge on any atom is -0.481 e. The van der Waals surface area contributed by atoms with Crippen LogP contribution in [-0.2, 0) is 4.79 Å². The standard InChI is InChI=1S/C4H5N3O3S/c8-2(9)1-11-4-5-3(10)6-7-4/h1H2,(H,8,9)(H2,5,6,7,10). The highest BCUT2D eigenvalue weighted by atomic mass is 32.2. The van der Waals surface area contributed by atoms with Crippen molar-refractivity contribution in [3.05, 3.63) is 10.5 Å². The Morgan fingerprint density at radius 1 is 1.73 bits per heavy atom. The van der Waals surface area contributed by atoms with Crippen LogP contribution in [0.5, 0.6) is 0 Å². The summed E-state index contributed by atoms with van der Waals surface area (Å²) in [5, 5.41) is 14.1. The van der Waals surface area contributed by atoms with Crippen LogP contribution in [0, 0.1) is 0 Å². The molecule has 0 unspecified atom stereocenters. The molecule has 1 rings (SSSR count). The number of carboxylic acids is 1. The van der Waals surface area contributed by atoms with E-state index in [1.165, 1.54) is 0 Å². The van der Waals surface area contributed by atoms with Crippen LogP contribution >= 0.6 is 11.8 Å². The molecule has 6 nitrogen and oxygen atoms in total. The van der Waals surface area contributed by atoms with Crippen molar-refractivity contribution >= 4 is 17.7 Å². The third-order valence-corrected chi connectivity index (χ3v) is 1.67. The van der Waals surface area contributed by atoms with Crippen LogP contribution in [-0.4, -0.2) is 32.0 Å². The smallest absolute Gasteiger partial charge is 0.341 e. The molecule has 0 saturated carbocycles. The Morgan fingerprint density at radius 3 is 2.91 bits per heavy atom. The molecular formula is C4H5N3O3S. The number of thioether (sulfide) groups is 1. The number of aromatic amines is 2. The van der Waals surface area contributed by atoms with Gasteiger partial charge in [-0.2, -0.15) is 0 Å². The first-order valence-electron chi connectivity index (χ1n) is 2.68. The fourth-order valence-corrected chi connectivity index (χ4v) is 0.988. The molecule has 0 aliphatic carbocycles. The van der Waals surface area contributed by atoms with Crippen molar-refractivity contribution in [3.8, 4) is 0 Å². The van der Waals surface area contributed by atoms with Gasteiger partial charge in [-0.1, -0.05) is 11.8 Å². The molecule has 1 aromatic heterocycles. The van der Waals surface area contributed by atoms with Gasteiger partial charge < -0.3 is 5.11 Å². The number of nitrogens with one attached hydrogen (secondary N) is 2. The van der Waals surface area contributed by atoms with Crippen LogP contribution in [0.25, 0.3) is 0 Å². The van der Waals surface area contributed by atoms with Gasteiger partial charge in [0.1, 0.15) is 0 Å². The summed E-state index contributed by atoms with van der Waals surface area (Å²) in [7, 11) is 0. The Labute approximate surface area is 65.0 Å². The van der Waals surface area contributed by atoms with Gasteiger partial charge in [0.25, 0.3) is 0 Å². The van der Waals surface area contributed by atoms with E-state index in [4.69, 9.17) is 5.11 Å². The predicted molar refractivity (Wildman–Crippen MR) is 37.6 cm³/mol. The van der Waals surface area contributed by atoms with Gasteiger partial charge in [-0.15, -0.1) is 5.10 Å². The zero-order valence-electron chi connectivity index (χ0n) is 5.33. The molecule has 1 aromatic rings. The van der Waals surface area contributed by atoms with Crippen LogP contribution in [0.2, 0.25) is 0 Å². The van der Waals surface area contributed by atoms with Gasteiger partial charge in [-0.25, -0.2) is 9.89 Å². The third-order valence-electron chi connectivity index (χ3n) is 0.812. The molecule has 60 valence electrons. The Morgan fingerprint density at radius 2 is 2.45 bits per heavy atom. The lowest BCUT2D eigenvalue weighted by molar-refractivity contribution is -0.133. The van der Waals surface area contributed by atoms with E-state index in [0.717, 1.165) is 11.8 Å². The Hall–Kier alpha value is -1.24. The van der Waals surface area contributed by atoms with Crippen LogP contribution < -0.4 is 5.69 Å². The average Bonchev–Trinajstić information content (AvgIpc) is 2.31. The molecule has 0 bridgehead atoms. The lowest BCUT2D eigenvalue weighted by atomic mass is 10.8. The summed E-state index contributed by atoms with van der Waals surface area (Å²) in [5.41, 5.74) is -0.433. The maximum absolute atomic E-state index is 10.4. The summed E-state index contributed by atoms with van der Waals surface area (Å²) >= 11 is 0.952. The van der Waals surface area contributed by atoms with Gasteiger partial charge in [-0.05, 0) is 0 Å². The van der Waals surface area contributed by atoms with Crippen molar-refractivity contribution in [2.75, 3.05) is 5.75 Å². The molecule has 0 spiro atoms. The second-order valence-electron chi connectivity index (χ2n) is 1.67. The predicted octanol–water partition coefficient (Wildman–Crippen LogP) is -0.725. The zero-order valence-corrected chi connectivity index (χ0v) is 6.14. The molecule has 0 aliphatic heterocycles. The van der Waals surface area contributed by atoms with Gasteiger partial charge in [-0.3, -0.25) is 9.78 Å². The van der Waals surface area contributed by atoms with Crippen LogP contribution in [0.4, 0.5) is 0 Å². The molecule has 0 aliphatic rings. The molecule has 1 heterocycles. The van der Waals surface area contributed by atoms with Crippen molar-refractivity contribution < 1.29 is 9.90 Å². The Bertz CT molecular complexity index is 304. The zero-order chi connectivity index (χ0) is 8.27. The van der Waals surface area contributed by atoms with Crippen LogP contribution in [0.1, 0.15) is 0 Å². The van der Waals surface area contributed by atoms with Gasteiger partial charge in [0.15, 0.2) is 5.16 Å². The summed E-state index contributed by atoms with van der Waals surface area (Å²) in [6, 6.07) is 0. The fraction of sp³-hybridized carbons (Fsp3) is 0.250. The monoisotopic (exact) mass is 175 g/mol. The maximum Gasteiger partial charge on any atom is 0.341 e. The van der Waals surface area contributed by atoms with E-state index in [-0.39, 0.29) is 10.9 Å². The first kappa shape index (κ1) is 7.86. The highest BCUT2D eigenvalue weighted by Gasteiger charge is 2.01. The van der Waals surface area contributed by atoms with Crippen molar-refractivity contribution in [1.82, 2.24) is 15.2 Å². The topological polar surface area (TPSA) is 98.8 Å². The van der Waals surface area contributed by atoms with E-state index < -0.39 is 11.7 Å². The second kappa shape index (κ2) is 3.24. The molecule has 7 heteroatoms. The number of carbonyl (C=O) groups is 1. The average molecular weight is 175 g/mol. The number of H-pyrrole nitrogens is 2. The number of aromatic nitrogens is 3. The highest BCUT2D eigenvalue weighted by molar-refractivity contribution is 7.99. The molecule has 0 radical (unpaired) electrons. The molecular weight excluding hydrogens is 170 g/mol. The number of rotatable bonds is 3. The number of carboxylic acid groups (broad SMARTS) is 1. The van der Waals surface area contributed by atoms with Gasteiger partial charge in [0.05, 0.1) is 5.75 Å². The summed E-state index contributed by atoms with van der Waals surface area (Å²) in [6.07, 6.45) is 0. The van der Waals surface area contributed by atoms with Crippen LogP contribution in [0.15, 0.2) is 9.95 Å².